The van der Waals surface area contributed by atoms with E-state index in [0.29, 0.717) is 36.9 Å². The van der Waals surface area contributed by atoms with E-state index in [-0.39, 0.29) is 18.2 Å². The van der Waals surface area contributed by atoms with Crippen molar-refractivity contribution in [1.82, 2.24) is 4.90 Å². The number of carbonyl (C=O) groups excluding carboxylic acids is 1. The van der Waals surface area contributed by atoms with Gasteiger partial charge in [-0.05, 0) is 56.9 Å². The van der Waals surface area contributed by atoms with E-state index in [2.05, 4.69) is 0 Å². The van der Waals surface area contributed by atoms with Gasteiger partial charge in [-0.25, -0.2) is 13.6 Å². The van der Waals surface area contributed by atoms with Crippen LogP contribution in [-0.2, 0) is 4.74 Å². The summed E-state index contributed by atoms with van der Waals surface area (Å²) in [6, 6.07) is 22.5. The first-order valence-electron chi connectivity index (χ1n) is 11.9. The van der Waals surface area contributed by atoms with Gasteiger partial charge in [0.2, 0.25) is 0 Å². The van der Waals surface area contributed by atoms with E-state index < -0.39 is 17.2 Å². The van der Waals surface area contributed by atoms with Crippen LogP contribution >= 0.6 is 0 Å². The molecule has 1 heterocycles. The summed E-state index contributed by atoms with van der Waals surface area (Å²) in [4.78, 5) is 14.1. The molecule has 1 saturated heterocycles. The number of hydrogen-bond acceptors (Lipinski definition) is 3. The fraction of sp³-hybridized carbons (Fsp3) is 0.345. The summed E-state index contributed by atoms with van der Waals surface area (Å²) in [5, 5.41) is 9.85. The van der Waals surface area contributed by atoms with Crippen molar-refractivity contribution in [2.45, 2.75) is 57.8 Å². The van der Waals surface area contributed by atoms with Crippen molar-refractivity contribution in [2.24, 2.45) is 0 Å². The molecule has 0 saturated carbocycles. The number of hydrogen-bond donors (Lipinski definition) is 1. The Bertz CT molecular complexity index is 1050. The number of ether oxygens (including phenoxy) is 1. The van der Waals surface area contributed by atoms with Crippen molar-refractivity contribution in [1.29, 1.82) is 0 Å². The smallest absolute Gasteiger partial charge is 0.410 e. The molecule has 1 N–H and O–H groups in total. The van der Waals surface area contributed by atoms with Crippen molar-refractivity contribution in [3.05, 3.63) is 96.1 Å². The van der Waals surface area contributed by atoms with E-state index in [1.54, 1.807) is 30.9 Å². The number of amides is 1. The maximum Gasteiger partial charge on any atom is 0.410 e. The number of rotatable bonds is 6. The van der Waals surface area contributed by atoms with E-state index in [1.807, 2.05) is 55.5 Å². The molecule has 3 aromatic carbocycles. The van der Waals surface area contributed by atoms with E-state index in [4.69, 9.17) is 4.74 Å². The third-order valence-electron chi connectivity index (χ3n) is 6.04. The Morgan fingerprint density at radius 3 is 2.14 bits per heavy atom. The fourth-order valence-electron chi connectivity index (χ4n) is 3.94. The van der Waals surface area contributed by atoms with E-state index >= 15 is 0 Å². The number of aliphatic hydroxyl groups is 1. The van der Waals surface area contributed by atoms with E-state index in [0.717, 1.165) is 11.6 Å². The highest BCUT2D eigenvalue weighted by molar-refractivity contribution is 5.69. The molecular weight excluding hydrogens is 448 g/mol. The fourth-order valence-corrected chi connectivity index (χ4v) is 3.94. The second-order valence-electron chi connectivity index (χ2n) is 9.42. The Morgan fingerprint density at radius 2 is 1.63 bits per heavy atom. The number of benzene rings is 3. The van der Waals surface area contributed by atoms with Gasteiger partial charge < -0.3 is 14.7 Å². The van der Waals surface area contributed by atoms with Gasteiger partial charge in [-0.3, -0.25) is 0 Å². The van der Waals surface area contributed by atoms with Gasteiger partial charge in [-0.15, -0.1) is 0 Å². The molecule has 0 bridgehead atoms. The van der Waals surface area contributed by atoms with Crippen LogP contribution in [0.5, 0.6) is 0 Å². The monoisotopic (exact) mass is 481 g/mol. The highest BCUT2D eigenvalue weighted by Crippen LogP contribution is 2.30. The maximum absolute atomic E-state index is 14.0. The topological polar surface area (TPSA) is 49.8 Å². The third-order valence-corrected chi connectivity index (χ3v) is 6.04. The van der Waals surface area contributed by atoms with Crippen molar-refractivity contribution < 1.29 is 23.4 Å². The van der Waals surface area contributed by atoms with E-state index in [9.17, 15) is 18.7 Å². The van der Waals surface area contributed by atoms with Crippen LogP contribution in [0, 0.1) is 11.6 Å². The molecule has 1 fully saturated rings. The van der Waals surface area contributed by atoms with Gasteiger partial charge >= 0.3 is 6.09 Å². The zero-order valence-corrected chi connectivity index (χ0v) is 20.5. The first kappa shape index (κ1) is 26.4. The SMILES string of the molecule is CC(c1ccc(-c2ccc(F)cc2F)cc1)N1CCC(CCC(C)(C)O)OC1=O.c1ccccc1. The zero-order valence-electron chi connectivity index (χ0n) is 20.5. The average molecular weight is 482 g/mol. The predicted octanol–water partition coefficient (Wildman–Crippen LogP) is 7.14. The molecule has 6 heteroatoms. The van der Waals surface area contributed by atoms with Crippen molar-refractivity contribution in [3.8, 4) is 11.1 Å². The molecule has 35 heavy (non-hydrogen) atoms. The molecule has 4 rings (SSSR count). The Morgan fingerprint density at radius 1 is 1.03 bits per heavy atom. The quantitative estimate of drug-likeness (QED) is 0.407. The number of carbonyl (C=O) groups is 1. The second-order valence-corrected chi connectivity index (χ2v) is 9.42. The molecule has 3 aromatic rings. The molecule has 1 aliphatic rings. The summed E-state index contributed by atoms with van der Waals surface area (Å²) in [5.74, 6) is -1.22. The Balaban J connectivity index is 0.000000497. The molecular formula is C29H33F2NO3. The Hall–Kier alpha value is -3.25. The number of cyclic esters (lactones) is 1. The third kappa shape index (κ3) is 7.89. The summed E-state index contributed by atoms with van der Waals surface area (Å²) in [5.41, 5.74) is 1.11. The summed E-state index contributed by atoms with van der Waals surface area (Å²) in [6.45, 7) is 5.98. The molecule has 0 aromatic heterocycles. The molecule has 1 amide bonds. The normalized spacial score (nSPS) is 16.7. The van der Waals surface area contributed by atoms with Gasteiger partial charge in [0.05, 0.1) is 11.6 Å². The molecule has 0 aliphatic carbocycles. The number of nitrogens with zero attached hydrogens (tertiary/aromatic N) is 1. The highest BCUT2D eigenvalue weighted by atomic mass is 19.1. The van der Waals surface area contributed by atoms with Gasteiger partial charge in [0.1, 0.15) is 17.7 Å². The highest BCUT2D eigenvalue weighted by Gasteiger charge is 2.31. The summed E-state index contributed by atoms with van der Waals surface area (Å²) in [6.07, 6.45) is 1.38. The maximum atomic E-state index is 14.0. The van der Waals surface area contributed by atoms with Gasteiger partial charge in [-0.2, -0.15) is 0 Å². The summed E-state index contributed by atoms with van der Waals surface area (Å²) < 4.78 is 32.6. The van der Waals surface area contributed by atoms with Crippen LogP contribution in [0.4, 0.5) is 13.6 Å². The molecule has 1 aliphatic heterocycles. The lowest BCUT2D eigenvalue weighted by atomic mass is 9.97. The standard InChI is InChI=1S/C23H27F2NO3.C6H6/c1-15(26-13-11-19(29-22(26)27)10-12-23(2,3)28)16-4-6-17(7-5-16)20-9-8-18(24)14-21(20)25;1-2-4-6-5-3-1/h4-9,14-15,19,28H,10-13H2,1-3H3;1-6H. The van der Waals surface area contributed by atoms with Crippen molar-refractivity contribution in [3.63, 3.8) is 0 Å². The van der Waals surface area contributed by atoms with Gasteiger partial charge in [-0.1, -0.05) is 60.7 Å². The van der Waals surface area contributed by atoms with Gasteiger partial charge in [0, 0.05) is 24.6 Å². The van der Waals surface area contributed by atoms with Crippen LogP contribution in [0.25, 0.3) is 11.1 Å². The average Bonchev–Trinajstić information content (AvgIpc) is 2.84. The van der Waals surface area contributed by atoms with Crippen LogP contribution in [0.3, 0.4) is 0 Å². The largest absolute Gasteiger partial charge is 0.446 e. The molecule has 186 valence electrons. The molecule has 0 radical (unpaired) electrons. The summed E-state index contributed by atoms with van der Waals surface area (Å²) in [7, 11) is 0. The van der Waals surface area contributed by atoms with Crippen molar-refractivity contribution >= 4 is 6.09 Å². The first-order chi connectivity index (χ1) is 16.6. The summed E-state index contributed by atoms with van der Waals surface area (Å²) >= 11 is 0. The van der Waals surface area contributed by atoms with Crippen LogP contribution in [0.2, 0.25) is 0 Å². The van der Waals surface area contributed by atoms with Crippen LogP contribution in [0.1, 0.15) is 51.6 Å². The van der Waals surface area contributed by atoms with E-state index in [1.165, 1.54) is 12.1 Å². The minimum atomic E-state index is -0.775. The lowest BCUT2D eigenvalue weighted by Gasteiger charge is -2.36. The lowest BCUT2D eigenvalue weighted by molar-refractivity contribution is -0.00600. The second kappa shape index (κ2) is 11.9. The Labute approximate surface area is 206 Å². The zero-order chi connectivity index (χ0) is 25.4. The minimum absolute atomic E-state index is 0.179. The molecule has 4 nitrogen and oxygen atoms in total. The molecule has 2 atom stereocenters. The van der Waals surface area contributed by atoms with Crippen molar-refractivity contribution in [2.75, 3.05) is 6.54 Å². The minimum Gasteiger partial charge on any atom is -0.446 e. The lowest BCUT2D eigenvalue weighted by Crippen LogP contribution is -2.43. The van der Waals surface area contributed by atoms with Gasteiger partial charge in [0.15, 0.2) is 0 Å². The predicted molar refractivity (Wildman–Crippen MR) is 134 cm³/mol. The molecule has 0 spiro atoms. The van der Waals surface area contributed by atoms with Crippen LogP contribution < -0.4 is 0 Å². The van der Waals surface area contributed by atoms with Crippen LogP contribution in [-0.4, -0.2) is 34.3 Å². The first-order valence-corrected chi connectivity index (χ1v) is 11.9. The van der Waals surface area contributed by atoms with Gasteiger partial charge in [0.25, 0.3) is 0 Å². The van der Waals surface area contributed by atoms with Crippen LogP contribution in [0.15, 0.2) is 78.9 Å². The Kier molecular flexibility index (Phi) is 8.99. The number of halogens is 2. The molecule has 2 unspecified atom stereocenters.